The third-order valence-electron chi connectivity index (χ3n) is 3.11. The predicted molar refractivity (Wildman–Crippen MR) is 61.2 cm³/mol. The maximum atomic E-state index is 3.43. The predicted octanol–water partition coefficient (Wildman–Crippen LogP) is 1.68. The van der Waals surface area contributed by atoms with E-state index in [4.69, 9.17) is 0 Å². The van der Waals surface area contributed by atoms with Gasteiger partial charge in [0.15, 0.2) is 0 Å². The van der Waals surface area contributed by atoms with Crippen LogP contribution < -0.4 is 5.32 Å². The Kier molecular flexibility index (Phi) is 6.31. The zero-order valence-electron chi connectivity index (χ0n) is 8.16. The summed E-state index contributed by atoms with van der Waals surface area (Å²) in [5, 5.41) is 3.43. The fraction of sp³-hybridized carbons (Fsp3) is 1.00. The summed E-state index contributed by atoms with van der Waals surface area (Å²) in [6.45, 7) is 6.16. The quantitative estimate of drug-likeness (QED) is 0.733. The minimum atomic E-state index is 0. The molecule has 0 aromatic rings. The minimum Gasteiger partial charge on any atom is -0.315 e. The summed E-state index contributed by atoms with van der Waals surface area (Å²) in [4.78, 5) is 2.68. The van der Waals surface area contributed by atoms with Gasteiger partial charge in [0, 0.05) is 18.6 Å². The molecule has 2 nitrogen and oxygen atoms in total. The van der Waals surface area contributed by atoms with E-state index >= 15 is 0 Å². The van der Waals surface area contributed by atoms with Crippen LogP contribution in [0.25, 0.3) is 0 Å². The molecule has 0 spiro atoms. The lowest BCUT2D eigenvalue weighted by atomic mass is 10.2. The highest BCUT2D eigenvalue weighted by Gasteiger charge is 2.29. The van der Waals surface area contributed by atoms with Crippen molar-refractivity contribution in [2.75, 3.05) is 19.6 Å². The molecular formula is C9H20Cl2N2. The van der Waals surface area contributed by atoms with Gasteiger partial charge in [-0.1, -0.05) is 0 Å². The van der Waals surface area contributed by atoms with E-state index in [1.165, 1.54) is 38.9 Å². The Balaban J connectivity index is 0.000000720. The fourth-order valence-corrected chi connectivity index (χ4v) is 2.42. The number of hydrogen-bond acceptors (Lipinski definition) is 2. The molecule has 0 amide bonds. The van der Waals surface area contributed by atoms with Gasteiger partial charge >= 0.3 is 0 Å². The van der Waals surface area contributed by atoms with Gasteiger partial charge in [0.2, 0.25) is 0 Å². The van der Waals surface area contributed by atoms with Crippen molar-refractivity contribution in [2.24, 2.45) is 0 Å². The van der Waals surface area contributed by atoms with Crippen LogP contribution in [0.1, 0.15) is 26.2 Å². The first kappa shape index (κ1) is 13.5. The van der Waals surface area contributed by atoms with Gasteiger partial charge in [0.1, 0.15) is 0 Å². The monoisotopic (exact) mass is 226 g/mol. The van der Waals surface area contributed by atoms with Crippen LogP contribution in [0, 0.1) is 0 Å². The molecule has 2 rings (SSSR count). The molecule has 2 saturated heterocycles. The van der Waals surface area contributed by atoms with Crippen molar-refractivity contribution >= 4 is 24.8 Å². The molecule has 2 aliphatic heterocycles. The molecule has 1 unspecified atom stereocenters. The van der Waals surface area contributed by atoms with E-state index in [9.17, 15) is 0 Å². The molecular weight excluding hydrogens is 207 g/mol. The number of hydrogen-bond donors (Lipinski definition) is 1. The average molecular weight is 227 g/mol. The van der Waals surface area contributed by atoms with Crippen LogP contribution in [0.15, 0.2) is 0 Å². The second kappa shape index (κ2) is 6.07. The van der Waals surface area contributed by atoms with Gasteiger partial charge in [-0.2, -0.15) is 0 Å². The highest BCUT2D eigenvalue weighted by atomic mass is 35.5. The van der Waals surface area contributed by atoms with E-state index in [-0.39, 0.29) is 24.8 Å². The standard InChI is InChI=1S/C9H18N2.2ClH/c1-8-3-2-6-11(8)9-4-5-10-7-9;;/h8-10H,2-7H2,1H3;2*1H/t8-,9?;;/m1../s1. The molecule has 0 saturated carbocycles. The first-order valence-corrected chi connectivity index (χ1v) is 4.84. The van der Waals surface area contributed by atoms with Crippen molar-refractivity contribution < 1.29 is 0 Å². The van der Waals surface area contributed by atoms with E-state index < -0.39 is 0 Å². The minimum absolute atomic E-state index is 0. The van der Waals surface area contributed by atoms with E-state index in [1.54, 1.807) is 0 Å². The molecule has 2 aliphatic rings. The van der Waals surface area contributed by atoms with Crippen molar-refractivity contribution in [1.82, 2.24) is 10.2 Å². The zero-order valence-corrected chi connectivity index (χ0v) is 9.79. The van der Waals surface area contributed by atoms with Crippen LogP contribution in [0.4, 0.5) is 0 Å². The van der Waals surface area contributed by atoms with Crippen LogP contribution in [0.2, 0.25) is 0 Å². The summed E-state index contributed by atoms with van der Waals surface area (Å²) in [5.74, 6) is 0. The second-order valence-electron chi connectivity index (χ2n) is 3.88. The summed E-state index contributed by atoms with van der Waals surface area (Å²) in [5.41, 5.74) is 0. The molecule has 0 radical (unpaired) electrons. The number of rotatable bonds is 1. The maximum absolute atomic E-state index is 3.43. The summed E-state index contributed by atoms with van der Waals surface area (Å²) < 4.78 is 0. The molecule has 2 fully saturated rings. The van der Waals surface area contributed by atoms with Crippen molar-refractivity contribution in [3.8, 4) is 0 Å². The Morgan fingerprint density at radius 3 is 2.46 bits per heavy atom. The van der Waals surface area contributed by atoms with Crippen molar-refractivity contribution in [2.45, 2.75) is 38.3 Å². The lowest BCUT2D eigenvalue weighted by Crippen LogP contribution is -2.38. The topological polar surface area (TPSA) is 15.3 Å². The summed E-state index contributed by atoms with van der Waals surface area (Å²) >= 11 is 0. The molecule has 13 heavy (non-hydrogen) atoms. The fourth-order valence-electron chi connectivity index (χ4n) is 2.42. The van der Waals surface area contributed by atoms with E-state index in [0.29, 0.717) is 0 Å². The maximum Gasteiger partial charge on any atom is 0.0235 e. The average Bonchev–Trinajstić information content (AvgIpc) is 2.55. The molecule has 0 aromatic carbocycles. The van der Waals surface area contributed by atoms with Crippen molar-refractivity contribution in [3.05, 3.63) is 0 Å². The summed E-state index contributed by atoms with van der Waals surface area (Å²) in [7, 11) is 0. The molecule has 1 N–H and O–H groups in total. The molecule has 80 valence electrons. The number of nitrogens with one attached hydrogen (secondary N) is 1. The number of likely N-dealkylation sites (tertiary alicyclic amines) is 1. The van der Waals surface area contributed by atoms with Gasteiger partial charge in [-0.15, -0.1) is 24.8 Å². The molecule has 0 aromatic heterocycles. The highest BCUT2D eigenvalue weighted by molar-refractivity contribution is 5.85. The Labute approximate surface area is 93.3 Å². The molecule has 2 heterocycles. The van der Waals surface area contributed by atoms with Gasteiger partial charge < -0.3 is 5.32 Å². The third-order valence-corrected chi connectivity index (χ3v) is 3.11. The van der Waals surface area contributed by atoms with Gasteiger partial charge in [0.25, 0.3) is 0 Å². The first-order chi connectivity index (χ1) is 5.38. The highest BCUT2D eigenvalue weighted by Crippen LogP contribution is 2.21. The SMILES string of the molecule is C[C@@H]1CCCN1C1CCNC1.Cl.Cl. The van der Waals surface area contributed by atoms with E-state index in [2.05, 4.69) is 17.1 Å². The first-order valence-electron chi connectivity index (χ1n) is 4.84. The zero-order chi connectivity index (χ0) is 7.68. The largest absolute Gasteiger partial charge is 0.315 e. The van der Waals surface area contributed by atoms with Crippen molar-refractivity contribution in [3.63, 3.8) is 0 Å². The Morgan fingerprint density at radius 2 is 2.00 bits per heavy atom. The molecule has 2 atom stereocenters. The molecule has 0 bridgehead atoms. The van der Waals surface area contributed by atoms with Crippen LogP contribution >= 0.6 is 24.8 Å². The Bertz CT molecular complexity index is 138. The smallest absolute Gasteiger partial charge is 0.0235 e. The Morgan fingerprint density at radius 1 is 1.23 bits per heavy atom. The third kappa shape index (κ3) is 2.98. The van der Waals surface area contributed by atoms with Crippen LogP contribution in [-0.2, 0) is 0 Å². The van der Waals surface area contributed by atoms with Crippen LogP contribution in [-0.4, -0.2) is 36.6 Å². The number of nitrogens with zero attached hydrogens (tertiary/aromatic N) is 1. The molecule has 0 aliphatic carbocycles. The summed E-state index contributed by atoms with van der Waals surface area (Å²) in [6.07, 6.45) is 4.19. The van der Waals surface area contributed by atoms with E-state index in [1.807, 2.05) is 0 Å². The second-order valence-corrected chi connectivity index (χ2v) is 3.88. The lowest BCUT2D eigenvalue weighted by molar-refractivity contribution is 0.202. The van der Waals surface area contributed by atoms with Gasteiger partial charge in [0.05, 0.1) is 0 Å². The van der Waals surface area contributed by atoms with E-state index in [0.717, 1.165) is 12.1 Å². The van der Waals surface area contributed by atoms with Crippen LogP contribution in [0.5, 0.6) is 0 Å². The van der Waals surface area contributed by atoms with Gasteiger partial charge in [-0.3, -0.25) is 4.90 Å². The molecule has 4 heteroatoms. The normalized spacial score (nSPS) is 33.9. The lowest BCUT2D eigenvalue weighted by Gasteiger charge is -2.27. The van der Waals surface area contributed by atoms with Gasteiger partial charge in [-0.25, -0.2) is 0 Å². The van der Waals surface area contributed by atoms with Crippen molar-refractivity contribution in [1.29, 1.82) is 0 Å². The Hall–Kier alpha value is 0.500. The summed E-state index contributed by atoms with van der Waals surface area (Å²) in [6, 6.07) is 1.70. The number of halogens is 2. The van der Waals surface area contributed by atoms with Crippen LogP contribution in [0.3, 0.4) is 0 Å². The van der Waals surface area contributed by atoms with Gasteiger partial charge in [-0.05, 0) is 39.3 Å².